The standard InChI is InChI=1S/C22H17BrN4O2S/c1-13-9-15(14(2)26(13)18-7-4-8-24-12-18)10-19-20(28)25-22(30)27(21(19)29)17-6-3-5-16(23)11-17/h3-12H,1-2H3,(H,25,28,30)/b19-10+. The molecule has 8 heteroatoms. The summed E-state index contributed by atoms with van der Waals surface area (Å²) in [5.74, 6) is -0.976. The third-order valence-corrected chi connectivity index (χ3v) is 5.62. The van der Waals surface area contributed by atoms with Gasteiger partial charge in [0.25, 0.3) is 11.8 Å². The van der Waals surface area contributed by atoms with E-state index in [4.69, 9.17) is 12.2 Å². The van der Waals surface area contributed by atoms with Crippen LogP contribution in [0, 0.1) is 13.8 Å². The van der Waals surface area contributed by atoms with Crippen LogP contribution < -0.4 is 10.2 Å². The molecule has 0 saturated carbocycles. The van der Waals surface area contributed by atoms with E-state index in [1.807, 2.05) is 42.7 Å². The Balaban J connectivity index is 1.77. The van der Waals surface area contributed by atoms with Gasteiger partial charge in [-0.25, -0.2) is 0 Å². The highest BCUT2D eigenvalue weighted by molar-refractivity contribution is 9.10. The molecule has 3 heterocycles. The Morgan fingerprint density at radius 2 is 1.87 bits per heavy atom. The minimum absolute atomic E-state index is 0.0232. The molecule has 1 aromatic carbocycles. The van der Waals surface area contributed by atoms with E-state index in [1.54, 1.807) is 36.7 Å². The van der Waals surface area contributed by atoms with Crippen molar-refractivity contribution in [2.24, 2.45) is 0 Å². The van der Waals surface area contributed by atoms with Crippen LogP contribution in [0.1, 0.15) is 17.0 Å². The first-order chi connectivity index (χ1) is 14.4. The summed E-state index contributed by atoms with van der Waals surface area (Å²) in [5, 5.41) is 2.67. The van der Waals surface area contributed by atoms with E-state index < -0.39 is 11.8 Å². The number of amides is 2. The van der Waals surface area contributed by atoms with Crippen molar-refractivity contribution >= 4 is 56.8 Å². The molecular weight excluding hydrogens is 464 g/mol. The zero-order chi connectivity index (χ0) is 21.4. The fraction of sp³-hybridized carbons (Fsp3) is 0.0909. The van der Waals surface area contributed by atoms with Crippen molar-refractivity contribution in [3.05, 3.63) is 81.9 Å². The van der Waals surface area contributed by atoms with Gasteiger partial charge < -0.3 is 4.57 Å². The van der Waals surface area contributed by atoms with E-state index >= 15 is 0 Å². The molecule has 0 radical (unpaired) electrons. The Hall–Kier alpha value is -3.10. The summed E-state index contributed by atoms with van der Waals surface area (Å²) in [6.45, 7) is 3.90. The van der Waals surface area contributed by atoms with Crippen LogP contribution in [0.15, 0.2) is 64.9 Å². The lowest BCUT2D eigenvalue weighted by Crippen LogP contribution is -2.54. The number of benzene rings is 1. The van der Waals surface area contributed by atoms with Gasteiger partial charge in [0.15, 0.2) is 5.11 Å². The summed E-state index contributed by atoms with van der Waals surface area (Å²) in [4.78, 5) is 31.3. The number of anilines is 1. The van der Waals surface area contributed by atoms with Gasteiger partial charge in [-0.05, 0) is 74.1 Å². The first-order valence-electron chi connectivity index (χ1n) is 9.13. The number of nitrogens with one attached hydrogen (secondary N) is 1. The first-order valence-corrected chi connectivity index (χ1v) is 10.3. The van der Waals surface area contributed by atoms with Crippen LogP contribution in [0.2, 0.25) is 0 Å². The number of nitrogens with zero attached hydrogens (tertiary/aromatic N) is 3. The Bertz CT molecular complexity index is 1220. The Kier molecular flexibility index (Phi) is 5.36. The summed E-state index contributed by atoms with van der Waals surface area (Å²) in [5.41, 5.74) is 4.15. The second-order valence-corrected chi connectivity index (χ2v) is 8.11. The average Bonchev–Trinajstić information content (AvgIpc) is 2.99. The van der Waals surface area contributed by atoms with Crippen LogP contribution in [0.3, 0.4) is 0 Å². The molecule has 30 heavy (non-hydrogen) atoms. The highest BCUT2D eigenvalue weighted by atomic mass is 79.9. The quantitative estimate of drug-likeness (QED) is 0.348. The number of aromatic nitrogens is 2. The van der Waals surface area contributed by atoms with Crippen LogP contribution >= 0.6 is 28.1 Å². The second-order valence-electron chi connectivity index (χ2n) is 6.81. The van der Waals surface area contributed by atoms with Gasteiger partial charge in [0.1, 0.15) is 5.57 Å². The summed E-state index contributed by atoms with van der Waals surface area (Å²) < 4.78 is 2.83. The van der Waals surface area contributed by atoms with Crippen molar-refractivity contribution in [3.8, 4) is 5.69 Å². The molecule has 0 spiro atoms. The summed E-state index contributed by atoms with van der Waals surface area (Å²) >= 11 is 8.66. The molecule has 6 nitrogen and oxygen atoms in total. The van der Waals surface area contributed by atoms with Crippen molar-refractivity contribution in [1.82, 2.24) is 14.9 Å². The van der Waals surface area contributed by atoms with Crippen molar-refractivity contribution < 1.29 is 9.59 Å². The van der Waals surface area contributed by atoms with Gasteiger partial charge in [-0.2, -0.15) is 0 Å². The van der Waals surface area contributed by atoms with Gasteiger partial charge in [-0.3, -0.25) is 24.8 Å². The number of rotatable bonds is 3. The molecule has 2 amide bonds. The number of carbonyl (C=O) groups is 2. The van der Waals surface area contributed by atoms with Gasteiger partial charge in [0.2, 0.25) is 0 Å². The highest BCUT2D eigenvalue weighted by Crippen LogP contribution is 2.27. The van der Waals surface area contributed by atoms with Gasteiger partial charge >= 0.3 is 0 Å². The molecule has 3 aromatic rings. The van der Waals surface area contributed by atoms with Crippen LogP contribution in [0.25, 0.3) is 11.8 Å². The molecule has 1 aliphatic heterocycles. The lowest BCUT2D eigenvalue weighted by atomic mass is 10.1. The van der Waals surface area contributed by atoms with E-state index in [9.17, 15) is 9.59 Å². The second kappa shape index (κ2) is 7.97. The number of carbonyl (C=O) groups excluding carboxylic acids is 2. The number of halogens is 1. The van der Waals surface area contributed by atoms with Crippen LogP contribution in [-0.4, -0.2) is 26.5 Å². The van der Waals surface area contributed by atoms with Crippen molar-refractivity contribution in [2.45, 2.75) is 13.8 Å². The van der Waals surface area contributed by atoms with Crippen molar-refractivity contribution in [1.29, 1.82) is 0 Å². The van der Waals surface area contributed by atoms with E-state index in [0.29, 0.717) is 5.69 Å². The molecule has 0 unspecified atom stereocenters. The lowest BCUT2D eigenvalue weighted by Gasteiger charge is -2.29. The topological polar surface area (TPSA) is 67.2 Å². The first kappa shape index (κ1) is 20.2. The predicted molar refractivity (Wildman–Crippen MR) is 123 cm³/mol. The fourth-order valence-corrected chi connectivity index (χ4v) is 4.15. The highest BCUT2D eigenvalue weighted by Gasteiger charge is 2.34. The molecule has 0 aliphatic carbocycles. The van der Waals surface area contributed by atoms with Gasteiger partial charge in [-0.1, -0.05) is 22.0 Å². The zero-order valence-electron chi connectivity index (χ0n) is 16.2. The normalized spacial score (nSPS) is 15.6. The predicted octanol–water partition coefficient (Wildman–Crippen LogP) is 4.08. The third kappa shape index (κ3) is 3.59. The maximum atomic E-state index is 13.2. The number of hydrogen-bond acceptors (Lipinski definition) is 4. The summed E-state index contributed by atoms with van der Waals surface area (Å²) in [7, 11) is 0. The molecule has 2 aromatic heterocycles. The third-order valence-electron chi connectivity index (χ3n) is 4.84. The van der Waals surface area contributed by atoms with Crippen LogP contribution in [0.4, 0.5) is 5.69 Å². The summed E-state index contributed by atoms with van der Waals surface area (Å²) in [6.07, 6.45) is 5.09. The minimum Gasteiger partial charge on any atom is -0.316 e. The maximum Gasteiger partial charge on any atom is 0.270 e. The molecule has 0 atom stereocenters. The molecule has 1 aliphatic rings. The van der Waals surface area contributed by atoms with Gasteiger partial charge in [0, 0.05) is 22.1 Å². The van der Waals surface area contributed by atoms with Crippen molar-refractivity contribution in [2.75, 3.05) is 4.90 Å². The molecule has 4 rings (SSSR count). The molecule has 1 N–H and O–H groups in total. The SMILES string of the molecule is Cc1cc(/C=C2\C(=O)NC(=S)N(c3cccc(Br)c3)C2=O)c(C)n1-c1cccnc1. The number of hydrogen-bond donors (Lipinski definition) is 1. The monoisotopic (exact) mass is 480 g/mol. The van der Waals surface area contributed by atoms with Crippen LogP contribution in [-0.2, 0) is 9.59 Å². The van der Waals surface area contributed by atoms with Gasteiger partial charge in [-0.15, -0.1) is 0 Å². The molecule has 150 valence electrons. The molecule has 1 fully saturated rings. The lowest BCUT2D eigenvalue weighted by molar-refractivity contribution is -0.122. The Morgan fingerprint density at radius 1 is 1.10 bits per heavy atom. The molecule has 1 saturated heterocycles. The Morgan fingerprint density at radius 3 is 2.57 bits per heavy atom. The van der Waals surface area contributed by atoms with E-state index in [0.717, 1.165) is 27.1 Å². The number of aryl methyl sites for hydroxylation is 1. The summed E-state index contributed by atoms with van der Waals surface area (Å²) in [6, 6.07) is 12.9. The zero-order valence-corrected chi connectivity index (χ0v) is 18.6. The smallest absolute Gasteiger partial charge is 0.270 e. The fourth-order valence-electron chi connectivity index (χ4n) is 3.48. The Labute approximate surface area is 187 Å². The largest absolute Gasteiger partial charge is 0.316 e. The van der Waals surface area contributed by atoms with Crippen LogP contribution in [0.5, 0.6) is 0 Å². The number of thiocarbonyl (C=S) groups is 1. The van der Waals surface area contributed by atoms with Crippen molar-refractivity contribution in [3.63, 3.8) is 0 Å². The molecular formula is C22H17BrN4O2S. The van der Waals surface area contributed by atoms with E-state index in [2.05, 4.69) is 26.2 Å². The number of pyridine rings is 1. The van der Waals surface area contributed by atoms with E-state index in [1.165, 1.54) is 4.90 Å². The maximum absolute atomic E-state index is 13.2. The van der Waals surface area contributed by atoms with Gasteiger partial charge in [0.05, 0.1) is 17.6 Å². The minimum atomic E-state index is -0.512. The average molecular weight is 481 g/mol. The molecule has 0 bridgehead atoms. The van der Waals surface area contributed by atoms with E-state index in [-0.39, 0.29) is 10.7 Å².